The number of nitrogen functional groups attached to an aromatic ring is 1. The highest BCUT2D eigenvalue weighted by Crippen LogP contribution is 2.32. The molecule has 6 rings (SSSR count). The van der Waals surface area contributed by atoms with E-state index in [0.29, 0.717) is 49.4 Å². The van der Waals surface area contributed by atoms with Crippen LogP contribution >= 0.6 is 11.3 Å². The molecule has 1 aliphatic rings. The number of aryl methyl sites for hydroxylation is 1. The van der Waals surface area contributed by atoms with Crippen LogP contribution in [0.3, 0.4) is 0 Å². The minimum atomic E-state index is -0.874. The molecule has 0 radical (unpaired) electrons. The van der Waals surface area contributed by atoms with Crippen molar-refractivity contribution >= 4 is 46.5 Å². The molecule has 73 heavy (non-hydrogen) atoms. The van der Waals surface area contributed by atoms with E-state index in [0.717, 1.165) is 78.0 Å². The molecule has 1 fully saturated rings. The van der Waals surface area contributed by atoms with E-state index in [1.165, 1.54) is 4.90 Å². The maximum absolute atomic E-state index is 14.1. The van der Waals surface area contributed by atoms with Crippen molar-refractivity contribution in [2.75, 3.05) is 51.0 Å². The molecule has 0 aliphatic carbocycles. The maximum Gasteiger partial charge on any atom is 0.246 e. The summed E-state index contributed by atoms with van der Waals surface area (Å²) in [6.07, 6.45) is 6.73. The Morgan fingerprint density at radius 2 is 1.58 bits per heavy atom. The van der Waals surface area contributed by atoms with Crippen LogP contribution in [0.5, 0.6) is 11.5 Å². The number of aliphatic hydroxyl groups is 1. The largest absolute Gasteiger partial charge is 0.507 e. The Bertz CT molecular complexity index is 2600. The molecule has 4 atom stereocenters. The summed E-state index contributed by atoms with van der Waals surface area (Å²) in [5.41, 5.74) is 13.4. The van der Waals surface area contributed by atoms with Crippen LogP contribution in [-0.2, 0) is 25.6 Å². The number of unbranched alkanes of at least 4 members (excludes halogenated alkanes) is 5. The Morgan fingerprint density at radius 3 is 2.25 bits per heavy atom. The van der Waals surface area contributed by atoms with Crippen molar-refractivity contribution in [3.63, 3.8) is 0 Å². The molecule has 4 amide bonds. The number of likely N-dealkylation sites (tertiary alicyclic amines) is 1. The van der Waals surface area contributed by atoms with Crippen molar-refractivity contribution in [1.29, 1.82) is 0 Å². The molecule has 17 heteroatoms. The molecule has 3 aromatic carbocycles. The standard InChI is InChI=1S/C56H75N9O7S/c1-37(40-23-25-41(26-24-40)51-38(2)58-36-73-51)59-54(70)46-33-43(66)35-65(46)55(71)52(56(3,4)5)60-49(68)19-12-10-8-9-11-13-20-50(69)64(7)31-16-30-63(6)42-27-21-39(22-28-42)29-32-72-48-34-45(61-62-53(48)57)44-17-14-15-18-47(44)67/h14-15,17-18,21-28,34,36-37,43,46,52,66-67H,8-13,16,19-20,29-33,35H2,1-7H3,(H2,57,62)(H,59,70)(H,60,68). The molecule has 16 nitrogen and oxygen atoms in total. The number of hydrogen-bond donors (Lipinski definition) is 5. The molecule has 1 aliphatic heterocycles. The predicted octanol–water partition coefficient (Wildman–Crippen LogP) is 8.26. The van der Waals surface area contributed by atoms with Crippen LogP contribution in [-0.4, -0.2) is 117 Å². The fourth-order valence-electron chi connectivity index (χ4n) is 9.02. The number of carbonyl (C=O) groups excluding carboxylic acids is 4. The number of β-amino-alcohol motifs (C(OH)–C–C–N with tert-alkyl or cyclic N) is 1. The number of hydrogen-bond acceptors (Lipinski definition) is 13. The number of thiazole rings is 1. The Hall–Kier alpha value is -6.59. The molecule has 0 saturated carbocycles. The van der Waals surface area contributed by atoms with Crippen molar-refractivity contribution in [1.82, 2.24) is 35.6 Å². The Morgan fingerprint density at radius 1 is 0.890 bits per heavy atom. The quantitative estimate of drug-likeness (QED) is 0.0349. The number of rotatable bonds is 25. The smallest absolute Gasteiger partial charge is 0.246 e. The summed E-state index contributed by atoms with van der Waals surface area (Å²) >= 11 is 1.58. The maximum atomic E-state index is 14.1. The number of nitrogens with zero attached hydrogens (tertiary/aromatic N) is 6. The predicted molar refractivity (Wildman–Crippen MR) is 288 cm³/mol. The van der Waals surface area contributed by atoms with Gasteiger partial charge in [0, 0.05) is 76.7 Å². The zero-order valence-electron chi connectivity index (χ0n) is 43.6. The molecule has 3 heterocycles. The lowest BCUT2D eigenvalue weighted by atomic mass is 9.85. The zero-order chi connectivity index (χ0) is 52.7. The number of phenolic OH excluding ortho intramolecular Hbond substituents is 1. The van der Waals surface area contributed by atoms with E-state index in [2.05, 4.69) is 55.0 Å². The molecule has 0 spiro atoms. The first kappa shape index (κ1) is 55.7. The molecular formula is C56H75N9O7S. The summed E-state index contributed by atoms with van der Waals surface area (Å²) in [5, 5.41) is 35.0. The van der Waals surface area contributed by atoms with Gasteiger partial charge < -0.3 is 46.0 Å². The van der Waals surface area contributed by atoms with E-state index in [1.807, 2.05) is 89.5 Å². The monoisotopic (exact) mass is 1020 g/mol. The highest BCUT2D eigenvalue weighted by molar-refractivity contribution is 7.13. The van der Waals surface area contributed by atoms with Gasteiger partial charge in [0.25, 0.3) is 0 Å². The van der Waals surface area contributed by atoms with Gasteiger partial charge in [0.05, 0.1) is 34.8 Å². The second-order valence-electron chi connectivity index (χ2n) is 20.4. The van der Waals surface area contributed by atoms with Crippen LogP contribution < -0.4 is 26.0 Å². The molecule has 392 valence electrons. The Balaban J connectivity index is 0.826. The summed E-state index contributed by atoms with van der Waals surface area (Å²) < 4.78 is 5.95. The summed E-state index contributed by atoms with van der Waals surface area (Å²) in [6.45, 7) is 11.4. The Labute approximate surface area is 434 Å². The van der Waals surface area contributed by atoms with Gasteiger partial charge in [0.15, 0.2) is 11.6 Å². The topological polar surface area (TPSA) is 216 Å². The first-order chi connectivity index (χ1) is 34.9. The van der Waals surface area contributed by atoms with Crippen molar-refractivity contribution in [2.45, 2.75) is 129 Å². The zero-order valence-corrected chi connectivity index (χ0v) is 44.4. The van der Waals surface area contributed by atoms with E-state index < -0.39 is 23.6 Å². The van der Waals surface area contributed by atoms with Gasteiger partial charge in [0.2, 0.25) is 23.6 Å². The number of para-hydroxylation sites is 1. The minimum absolute atomic E-state index is 0.0170. The third-order valence-electron chi connectivity index (χ3n) is 13.5. The van der Waals surface area contributed by atoms with Gasteiger partial charge in [-0.2, -0.15) is 0 Å². The van der Waals surface area contributed by atoms with Crippen LogP contribution in [0.4, 0.5) is 11.5 Å². The number of aliphatic hydroxyl groups excluding tert-OH is 1. The fourth-order valence-corrected chi connectivity index (χ4v) is 9.84. The molecule has 0 bridgehead atoms. The summed E-state index contributed by atoms with van der Waals surface area (Å²) in [4.78, 5) is 64.8. The van der Waals surface area contributed by atoms with Crippen molar-refractivity contribution in [3.8, 4) is 33.2 Å². The molecule has 1 saturated heterocycles. The van der Waals surface area contributed by atoms with Crippen molar-refractivity contribution in [3.05, 3.63) is 101 Å². The fraction of sp³-hybridized carbons (Fsp3) is 0.482. The average Bonchev–Trinajstić information content (AvgIpc) is 3.99. The van der Waals surface area contributed by atoms with E-state index >= 15 is 0 Å². The number of ether oxygens (including phenoxy) is 1. The Kier molecular flexibility index (Phi) is 20.1. The first-order valence-electron chi connectivity index (χ1n) is 25.6. The average molecular weight is 1020 g/mol. The second-order valence-corrected chi connectivity index (χ2v) is 21.2. The molecule has 6 N–H and O–H groups in total. The third kappa shape index (κ3) is 16.0. The number of aromatic nitrogens is 3. The lowest BCUT2D eigenvalue weighted by molar-refractivity contribution is -0.144. The number of benzene rings is 3. The van der Waals surface area contributed by atoms with Crippen LogP contribution in [0.2, 0.25) is 0 Å². The van der Waals surface area contributed by atoms with Crippen LogP contribution in [0, 0.1) is 12.3 Å². The van der Waals surface area contributed by atoms with E-state index in [4.69, 9.17) is 10.5 Å². The van der Waals surface area contributed by atoms with Gasteiger partial charge in [-0.1, -0.05) is 95.0 Å². The lowest BCUT2D eigenvalue weighted by Crippen LogP contribution is -2.57. The number of aromatic hydroxyl groups is 1. The number of anilines is 2. The summed E-state index contributed by atoms with van der Waals surface area (Å²) in [5.74, 6) is -0.0949. The van der Waals surface area contributed by atoms with Crippen LogP contribution in [0.25, 0.3) is 21.7 Å². The number of carbonyl (C=O) groups is 4. The lowest BCUT2D eigenvalue weighted by Gasteiger charge is -2.35. The van der Waals surface area contributed by atoms with Crippen molar-refractivity contribution < 1.29 is 34.1 Å². The number of phenols is 1. The normalized spacial score (nSPS) is 15.4. The molecule has 2 aromatic heterocycles. The highest BCUT2D eigenvalue weighted by Gasteiger charge is 2.44. The van der Waals surface area contributed by atoms with E-state index in [9.17, 15) is 29.4 Å². The van der Waals surface area contributed by atoms with Gasteiger partial charge in [-0.05, 0) is 79.5 Å². The summed E-state index contributed by atoms with van der Waals surface area (Å²) in [6, 6.07) is 22.8. The van der Waals surface area contributed by atoms with Crippen LogP contribution in [0.15, 0.2) is 84.4 Å². The van der Waals surface area contributed by atoms with Gasteiger partial charge in [-0.15, -0.1) is 21.5 Å². The summed E-state index contributed by atoms with van der Waals surface area (Å²) in [7, 11) is 3.91. The van der Waals surface area contributed by atoms with Gasteiger partial charge in [0.1, 0.15) is 23.5 Å². The minimum Gasteiger partial charge on any atom is -0.507 e. The van der Waals surface area contributed by atoms with E-state index in [-0.39, 0.29) is 60.6 Å². The molecule has 4 unspecified atom stereocenters. The number of nitrogens with two attached hydrogens (primary N) is 1. The molecule has 5 aromatic rings. The van der Waals surface area contributed by atoms with Gasteiger partial charge in [-0.3, -0.25) is 19.2 Å². The number of nitrogens with one attached hydrogen (secondary N) is 2. The SMILES string of the molecule is Cc1ncsc1-c1ccc(C(C)NC(=O)C2CC(O)CN2C(=O)C(NC(=O)CCCCCCCCC(=O)N(C)CCCN(C)c2ccc(CCOc3cc(-c4ccccc4O)nnc3N)cc2)C(C)(C)C)cc1. The first-order valence-corrected chi connectivity index (χ1v) is 26.4. The van der Waals surface area contributed by atoms with Gasteiger partial charge >= 0.3 is 0 Å². The van der Waals surface area contributed by atoms with E-state index in [1.54, 1.807) is 35.6 Å². The third-order valence-corrected chi connectivity index (χ3v) is 14.5. The van der Waals surface area contributed by atoms with Gasteiger partial charge in [-0.25, -0.2) is 4.98 Å². The second kappa shape index (κ2) is 26.4. The van der Waals surface area contributed by atoms with Crippen molar-refractivity contribution in [2.24, 2.45) is 5.41 Å². The molecular weight excluding hydrogens is 943 g/mol. The number of amides is 4. The van der Waals surface area contributed by atoms with Crippen LogP contribution in [0.1, 0.15) is 115 Å². The highest BCUT2D eigenvalue weighted by atomic mass is 32.1.